The molecule has 2 rings (SSSR count). The van der Waals surface area contributed by atoms with Crippen LogP contribution < -0.4 is 0 Å². The molecule has 1 saturated heterocycles. The summed E-state index contributed by atoms with van der Waals surface area (Å²) in [5.74, 6) is 0.608. The van der Waals surface area contributed by atoms with E-state index in [4.69, 9.17) is 17.0 Å². The normalized spacial score (nSPS) is 24.0. The minimum absolute atomic E-state index is 0.440. The van der Waals surface area contributed by atoms with Gasteiger partial charge in [0, 0.05) is 30.5 Å². The van der Waals surface area contributed by atoms with Crippen molar-refractivity contribution in [2.24, 2.45) is 5.92 Å². The zero-order valence-electron chi connectivity index (χ0n) is 8.62. The Morgan fingerprint density at radius 2 is 2.50 bits per heavy atom. The van der Waals surface area contributed by atoms with Gasteiger partial charge in [0.2, 0.25) is 0 Å². The number of hydrogen-bond donors (Lipinski definition) is 1. The van der Waals surface area contributed by atoms with Crippen molar-refractivity contribution < 1.29 is 4.74 Å². The van der Waals surface area contributed by atoms with Crippen LogP contribution in [0.3, 0.4) is 0 Å². The predicted molar refractivity (Wildman–Crippen MR) is 58.0 cm³/mol. The van der Waals surface area contributed by atoms with Gasteiger partial charge < -0.3 is 14.3 Å². The first-order valence-electron chi connectivity index (χ1n) is 5.04. The largest absolute Gasteiger partial charge is 0.381 e. The Labute approximate surface area is 89.1 Å². The molecule has 0 aliphatic carbocycles. The quantitative estimate of drug-likeness (QED) is 0.763. The lowest BCUT2D eigenvalue weighted by Gasteiger charge is -2.18. The van der Waals surface area contributed by atoms with Crippen molar-refractivity contribution in [3.63, 3.8) is 0 Å². The van der Waals surface area contributed by atoms with E-state index in [0.29, 0.717) is 12.0 Å². The second-order valence-electron chi connectivity index (χ2n) is 4.01. The fraction of sp³-hybridized carbons (Fsp3) is 0.700. The molecule has 3 nitrogen and oxygen atoms in total. The number of nitrogens with one attached hydrogen (secondary N) is 1. The highest BCUT2D eigenvalue weighted by Gasteiger charge is 2.23. The molecular formula is C10H16N2OS. The summed E-state index contributed by atoms with van der Waals surface area (Å²) in [6, 6.07) is 0.440. The lowest BCUT2D eigenvalue weighted by atomic mass is 10.0. The van der Waals surface area contributed by atoms with Gasteiger partial charge in [0.15, 0.2) is 4.77 Å². The van der Waals surface area contributed by atoms with Gasteiger partial charge in [-0.2, -0.15) is 0 Å². The summed E-state index contributed by atoms with van der Waals surface area (Å²) in [5, 5.41) is 0. The van der Waals surface area contributed by atoms with Gasteiger partial charge in [-0.1, -0.05) is 0 Å². The molecule has 14 heavy (non-hydrogen) atoms. The maximum atomic E-state index is 5.39. The molecule has 0 bridgehead atoms. The molecule has 1 aliphatic heterocycles. The summed E-state index contributed by atoms with van der Waals surface area (Å²) in [5.41, 5.74) is 1.13. The topological polar surface area (TPSA) is 29.9 Å². The minimum atomic E-state index is 0.440. The molecular weight excluding hydrogens is 196 g/mol. The third kappa shape index (κ3) is 1.77. The van der Waals surface area contributed by atoms with Crippen molar-refractivity contribution in [2.45, 2.75) is 26.3 Å². The van der Waals surface area contributed by atoms with Crippen molar-refractivity contribution in [1.82, 2.24) is 9.55 Å². The number of aryl methyl sites for hydroxylation is 1. The van der Waals surface area contributed by atoms with Crippen LogP contribution in [-0.4, -0.2) is 22.8 Å². The smallest absolute Gasteiger partial charge is 0.177 e. The van der Waals surface area contributed by atoms with Crippen LogP contribution in [0.15, 0.2) is 6.20 Å². The van der Waals surface area contributed by atoms with Crippen LogP contribution in [0, 0.1) is 17.6 Å². The van der Waals surface area contributed by atoms with Crippen molar-refractivity contribution in [2.75, 3.05) is 13.2 Å². The van der Waals surface area contributed by atoms with E-state index in [2.05, 4.69) is 22.7 Å². The van der Waals surface area contributed by atoms with Gasteiger partial charge in [0.25, 0.3) is 0 Å². The van der Waals surface area contributed by atoms with E-state index in [1.54, 1.807) is 0 Å². The Kier molecular flexibility index (Phi) is 2.74. The van der Waals surface area contributed by atoms with Gasteiger partial charge in [-0.15, -0.1) is 0 Å². The Hall–Kier alpha value is -0.610. The first kappa shape index (κ1) is 9.93. The molecule has 0 aromatic carbocycles. The average Bonchev–Trinajstić information content (AvgIpc) is 2.73. The summed E-state index contributed by atoms with van der Waals surface area (Å²) in [4.78, 5) is 3.15. The molecule has 1 aromatic heterocycles. The highest BCUT2D eigenvalue weighted by Crippen LogP contribution is 2.26. The Bertz CT molecular complexity index is 362. The van der Waals surface area contributed by atoms with E-state index in [0.717, 1.165) is 30.1 Å². The lowest BCUT2D eigenvalue weighted by Crippen LogP contribution is -2.16. The maximum Gasteiger partial charge on any atom is 0.177 e. The van der Waals surface area contributed by atoms with Crippen LogP contribution in [0.1, 0.15) is 25.1 Å². The van der Waals surface area contributed by atoms with Gasteiger partial charge in [-0.05, 0) is 32.5 Å². The fourth-order valence-corrected chi connectivity index (χ4v) is 2.38. The number of aromatic nitrogens is 2. The fourth-order valence-electron chi connectivity index (χ4n) is 2.00. The summed E-state index contributed by atoms with van der Waals surface area (Å²) in [6.07, 6.45) is 3.23. The van der Waals surface area contributed by atoms with E-state index >= 15 is 0 Å². The number of nitrogens with zero attached hydrogens (tertiary/aromatic N) is 1. The number of imidazole rings is 1. The van der Waals surface area contributed by atoms with E-state index in [9.17, 15) is 0 Å². The van der Waals surface area contributed by atoms with Crippen molar-refractivity contribution >= 4 is 12.2 Å². The van der Waals surface area contributed by atoms with E-state index < -0.39 is 0 Å². The summed E-state index contributed by atoms with van der Waals surface area (Å²) < 4.78 is 8.35. The number of rotatable bonds is 2. The standard InChI is InChI=1S/C10H16N2OS/c1-7-5-12(10(14)11-7)8(2)9-3-4-13-6-9/h5,8-9H,3-4,6H2,1-2H3,(H,11,14). The third-order valence-electron chi connectivity index (χ3n) is 2.96. The predicted octanol–water partition coefficient (Wildman–Crippen LogP) is 2.45. The molecule has 0 spiro atoms. The minimum Gasteiger partial charge on any atom is -0.381 e. The monoisotopic (exact) mass is 212 g/mol. The maximum absolute atomic E-state index is 5.39. The van der Waals surface area contributed by atoms with Gasteiger partial charge >= 0.3 is 0 Å². The number of H-pyrrole nitrogens is 1. The van der Waals surface area contributed by atoms with Crippen LogP contribution in [0.2, 0.25) is 0 Å². The van der Waals surface area contributed by atoms with E-state index in [1.165, 1.54) is 0 Å². The summed E-state index contributed by atoms with van der Waals surface area (Å²) >= 11 is 5.25. The van der Waals surface area contributed by atoms with Crippen LogP contribution in [0.25, 0.3) is 0 Å². The lowest BCUT2D eigenvalue weighted by molar-refractivity contribution is 0.175. The zero-order valence-corrected chi connectivity index (χ0v) is 9.43. The molecule has 2 heterocycles. The summed E-state index contributed by atoms with van der Waals surface area (Å²) in [6.45, 7) is 6.01. The molecule has 1 aromatic rings. The third-order valence-corrected chi connectivity index (χ3v) is 3.27. The van der Waals surface area contributed by atoms with Gasteiger partial charge in [0.1, 0.15) is 0 Å². The van der Waals surface area contributed by atoms with Crippen LogP contribution in [0.5, 0.6) is 0 Å². The number of aromatic amines is 1. The number of ether oxygens (including phenoxy) is 1. The molecule has 4 heteroatoms. The first-order valence-corrected chi connectivity index (χ1v) is 5.45. The Morgan fingerprint density at radius 1 is 1.71 bits per heavy atom. The zero-order chi connectivity index (χ0) is 10.1. The van der Waals surface area contributed by atoms with Gasteiger partial charge in [0.05, 0.1) is 6.61 Å². The SMILES string of the molecule is Cc1cn(C(C)C2CCOC2)c(=S)[nH]1. The van der Waals surface area contributed by atoms with Gasteiger partial charge in [-0.3, -0.25) is 0 Å². The molecule has 0 saturated carbocycles. The second-order valence-corrected chi connectivity index (χ2v) is 4.40. The molecule has 78 valence electrons. The van der Waals surface area contributed by atoms with Crippen molar-refractivity contribution in [1.29, 1.82) is 0 Å². The molecule has 1 N–H and O–H groups in total. The van der Waals surface area contributed by atoms with E-state index in [-0.39, 0.29) is 0 Å². The van der Waals surface area contributed by atoms with Crippen molar-refractivity contribution in [3.05, 3.63) is 16.7 Å². The molecule has 0 amide bonds. The van der Waals surface area contributed by atoms with Crippen LogP contribution >= 0.6 is 12.2 Å². The second kappa shape index (κ2) is 3.87. The van der Waals surface area contributed by atoms with E-state index in [1.807, 2.05) is 6.92 Å². The molecule has 1 fully saturated rings. The molecule has 2 unspecified atom stereocenters. The molecule has 0 radical (unpaired) electrons. The highest BCUT2D eigenvalue weighted by molar-refractivity contribution is 7.71. The van der Waals surface area contributed by atoms with Gasteiger partial charge in [-0.25, -0.2) is 0 Å². The molecule has 1 aliphatic rings. The van der Waals surface area contributed by atoms with Crippen LogP contribution in [0.4, 0.5) is 0 Å². The Balaban J connectivity index is 2.21. The Morgan fingerprint density at radius 3 is 3.00 bits per heavy atom. The van der Waals surface area contributed by atoms with Crippen molar-refractivity contribution in [3.8, 4) is 0 Å². The van der Waals surface area contributed by atoms with Crippen LogP contribution in [-0.2, 0) is 4.74 Å². The highest BCUT2D eigenvalue weighted by atomic mass is 32.1. The first-order chi connectivity index (χ1) is 6.68. The number of hydrogen-bond acceptors (Lipinski definition) is 2. The molecule has 2 atom stereocenters. The summed E-state index contributed by atoms with van der Waals surface area (Å²) in [7, 11) is 0. The average molecular weight is 212 g/mol.